The lowest BCUT2D eigenvalue weighted by Gasteiger charge is -2.32. The van der Waals surface area contributed by atoms with E-state index in [0.29, 0.717) is 12.2 Å². The lowest BCUT2D eigenvalue weighted by atomic mass is 9.86. The van der Waals surface area contributed by atoms with E-state index in [1.807, 2.05) is 24.3 Å². The van der Waals surface area contributed by atoms with Crippen LogP contribution < -0.4 is 4.90 Å². The molecule has 1 saturated heterocycles. The summed E-state index contributed by atoms with van der Waals surface area (Å²) in [6.07, 6.45) is 3.84. The minimum atomic E-state index is 0.157. The molecule has 3 rings (SSSR count). The highest BCUT2D eigenvalue weighted by molar-refractivity contribution is 5.82. The molecule has 0 spiro atoms. The first-order valence-electron chi connectivity index (χ1n) is 8.61. The minimum absolute atomic E-state index is 0.157. The first-order chi connectivity index (χ1) is 11.6. The molecule has 1 aliphatic rings. The Morgan fingerprint density at radius 2 is 1.92 bits per heavy atom. The maximum absolute atomic E-state index is 12.6. The van der Waals surface area contributed by atoms with Crippen LogP contribution in [-0.2, 0) is 4.79 Å². The number of pyridine rings is 1. The Morgan fingerprint density at radius 3 is 2.54 bits per heavy atom. The Labute approximate surface area is 143 Å². The number of rotatable bonds is 5. The van der Waals surface area contributed by atoms with E-state index < -0.39 is 0 Å². The number of piperidine rings is 1. The summed E-state index contributed by atoms with van der Waals surface area (Å²) < 4.78 is 0. The maximum atomic E-state index is 12.6. The van der Waals surface area contributed by atoms with Crippen LogP contribution in [0.1, 0.15) is 37.7 Å². The highest BCUT2D eigenvalue weighted by Gasteiger charge is 2.26. The summed E-state index contributed by atoms with van der Waals surface area (Å²) in [6.45, 7) is 3.81. The molecular formula is C20H24N2O2. The average molecular weight is 324 g/mol. The van der Waals surface area contributed by atoms with Gasteiger partial charge in [0, 0.05) is 25.4 Å². The Kier molecular flexibility index (Phi) is 5.14. The topological polar surface area (TPSA) is 53.4 Å². The van der Waals surface area contributed by atoms with Gasteiger partial charge < -0.3 is 10.0 Å². The van der Waals surface area contributed by atoms with Gasteiger partial charge in [-0.3, -0.25) is 4.79 Å². The van der Waals surface area contributed by atoms with Crippen LogP contribution in [0.3, 0.4) is 0 Å². The van der Waals surface area contributed by atoms with Gasteiger partial charge >= 0.3 is 0 Å². The van der Waals surface area contributed by atoms with E-state index in [-0.39, 0.29) is 17.6 Å². The fourth-order valence-corrected chi connectivity index (χ4v) is 3.36. The molecule has 0 amide bonds. The molecule has 0 radical (unpaired) electrons. The van der Waals surface area contributed by atoms with Crippen molar-refractivity contribution < 1.29 is 9.90 Å². The zero-order valence-electron chi connectivity index (χ0n) is 14.1. The van der Waals surface area contributed by atoms with E-state index in [4.69, 9.17) is 0 Å². The predicted molar refractivity (Wildman–Crippen MR) is 95.3 cm³/mol. The summed E-state index contributed by atoms with van der Waals surface area (Å²) in [5.41, 5.74) is 1.23. The molecule has 1 unspecified atom stereocenters. The van der Waals surface area contributed by atoms with Crippen LogP contribution in [0.25, 0.3) is 0 Å². The molecule has 2 aromatic rings. The largest absolute Gasteiger partial charge is 0.506 e. The lowest BCUT2D eigenvalue weighted by Crippen LogP contribution is -2.37. The van der Waals surface area contributed by atoms with Crippen molar-refractivity contribution in [1.29, 1.82) is 0 Å². The number of benzene rings is 1. The van der Waals surface area contributed by atoms with E-state index in [1.54, 1.807) is 6.07 Å². The Bertz CT molecular complexity index is 662. The number of aromatic nitrogens is 1. The zero-order chi connectivity index (χ0) is 16.9. The van der Waals surface area contributed by atoms with Crippen LogP contribution in [0, 0.1) is 5.92 Å². The van der Waals surface area contributed by atoms with Crippen molar-refractivity contribution in [2.75, 3.05) is 18.0 Å². The van der Waals surface area contributed by atoms with Gasteiger partial charge in [-0.05, 0) is 36.5 Å². The fourth-order valence-electron chi connectivity index (χ4n) is 3.36. The van der Waals surface area contributed by atoms with Crippen LogP contribution in [0.2, 0.25) is 0 Å². The number of hydrogen-bond donors (Lipinski definition) is 1. The van der Waals surface area contributed by atoms with Crippen molar-refractivity contribution in [3.05, 3.63) is 54.2 Å². The fraction of sp³-hybridized carbons (Fsp3) is 0.400. The average Bonchev–Trinajstić information content (AvgIpc) is 2.63. The number of nitrogens with zero attached hydrogens (tertiary/aromatic N) is 2. The Hall–Kier alpha value is -2.36. The second-order valence-corrected chi connectivity index (χ2v) is 6.62. The Balaban J connectivity index is 1.52. The summed E-state index contributed by atoms with van der Waals surface area (Å²) in [6, 6.07) is 13.7. The normalized spacial score (nSPS) is 16.8. The van der Waals surface area contributed by atoms with Crippen molar-refractivity contribution in [1.82, 2.24) is 4.98 Å². The van der Waals surface area contributed by atoms with Crippen molar-refractivity contribution in [3.63, 3.8) is 0 Å². The summed E-state index contributed by atoms with van der Waals surface area (Å²) in [5, 5.41) is 9.32. The highest BCUT2D eigenvalue weighted by Crippen LogP contribution is 2.27. The predicted octanol–water partition coefficient (Wildman–Crippen LogP) is 3.77. The molecule has 0 aliphatic carbocycles. The molecule has 126 valence electrons. The van der Waals surface area contributed by atoms with Crippen molar-refractivity contribution >= 4 is 11.6 Å². The van der Waals surface area contributed by atoms with Crippen molar-refractivity contribution in [2.45, 2.75) is 32.1 Å². The molecule has 0 saturated carbocycles. The molecule has 1 atom stereocenters. The number of carbonyl (C=O) groups excluding carboxylic acids is 1. The van der Waals surface area contributed by atoms with Crippen molar-refractivity contribution in [3.8, 4) is 5.75 Å². The van der Waals surface area contributed by atoms with Crippen LogP contribution in [0.15, 0.2) is 48.7 Å². The van der Waals surface area contributed by atoms with Gasteiger partial charge in [-0.25, -0.2) is 4.98 Å². The maximum Gasteiger partial charge on any atom is 0.136 e. The van der Waals surface area contributed by atoms with E-state index in [2.05, 4.69) is 28.9 Å². The van der Waals surface area contributed by atoms with Gasteiger partial charge in [0.05, 0.1) is 6.20 Å². The molecule has 4 nitrogen and oxygen atoms in total. The molecule has 1 aliphatic heterocycles. The second-order valence-electron chi connectivity index (χ2n) is 6.62. The quantitative estimate of drug-likeness (QED) is 0.910. The number of aromatic hydroxyl groups is 1. The van der Waals surface area contributed by atoms with Crippen LogP contribution in [0.4, 0.5) is 5.82 Å². The summed E-state index contributed by atoms with van der Waals surface area (Å²) in [4.78, 5) is 19.0. The molecular weight excluding hydrogens is 300 g/mol. The molecule has 1 fully saturated rings. The summed E-state index contributed by atoms with van der Waals surface area (Å²) >= 11 is 0. The van der Waals surface area contributed by atoms with E-state index in [9.17, 15) is 9.90 Å². The molecule has 1 aromatic carbocycles. The van der Waals surface area contributed by atoms with E-state index in [0.717, 1.165) is 31.7 Å². The first-order valence-corrected chi connectivity index (χ1v) is 8.61. The second kappa shape index (κ2) is 7.47. The lowest BCUT2D eigenvalue weighted by molar-refractivity contribution is -0.123. The monoisotopic (exact) mass is 324 g/mol. The number of Topliss-reactive ketones (excluding diaryl/α,β-unsaturated/α-hetero) is 1. The first kappa shape index (κ1) is 16.5. The number of carbonyl (C=O) groups is 1. The molecule has 1 aromatic heterocycles. The van der Waals surface area contributed by atoms with Crippen molar-refractivity contribution in [2.24, 2.45) is 5.92 Å². The highest BCUT2D eigenvalue weighted by atomic mass is 16.3. The van der Waals surface area contributed by atoms with Gasteiger partial charge in [-0.2, -0.15) is 0 Å². The summed E-state index contributed by atoms with van der Waals surface area (Å²) in [7, 11) is 0. The number of ketones is 1. The van der Waals surface area contributed by atoms with Gasteiger partial charge in [-0.1, -0.05) is 37.3 Å². The van der Waals surface area contributed by atoms with Crippen LogP contribution >= 0.6 is 0 Å². The van der Waals surface area contributed by atoms with Crippen LogP contribution in [-0.4, -0.2) is 29.0 Å². The number of anilines is 1. The van der Waals surface area contributed by atoms with Gasteiger partial charge in [0.1, 0.15) is 17.4 Å². The standard InChI is InChI=1S/C20H24N2O2/c1-15(16-5-3-2-4-6-16)13-19(24)17-9-11-22(12-10-17)20-8-7-18(23)14-21-20/h2-8,14-15,17,23H,9-13H2,1H3. The Morgan fingerprint density at radius 1 is 1.21 bits per heavy atom. The molecule has 0 bridgehead atoms. The third kappa shape index (κ3) is 3.94. The smallest absolute Gasteiger partial charge is 0.136 e. The number of hydrogen-bond acceptors (Lipinski definition) is 4. The van der Waals surface area contributed by atoms with E-state index >= 15 is 0 Å². The van der Waals surface area contributed by atoms with Gasteiger partial charge in [0.2, 0.25) is 0 Å². The van der Waals surface area contributed by atoms with Gasteiger partial charge in [0.15, 0.2) is 0 Å². The zero-order valence-corrected chi connectivity index (χ0v) is 14.1. The third-order valence-electron chi connectivity index (χ3n) is 4.88. The van der Waals surface area contributed by atoms with Gasteiger partial charge in [0.25, 0.3) is 0 Å². The summed E-state index contributed by atoms with van der Waals surface area (Å²) in [5.74, 6) is 1.86. The van der Waals surface area contributed by atoms with Gasteiger partial charge in [-0.15, -0.1) is 0 Å². The minimum Gasteiger partial charge on any atom is -0.506 e. The van der Waals surface area contributed by atoms with E-state index in [1.165, 1.54) is 11.8 Å². The SMILES string of the molecule is CC(CC(=O)C1CCN(c2ccc(O)cn2)CC1)c1ccccc1. The molecule has 24 heavy (non-hydrogen) atoms. The molecule has 1 N–H and O–H groups in total. The van der Waals surface area contributed by atoms with Crippen LogP contribution in [0.5, 0.6) is 5.75 Å². The molecule has 2 heterocycles. The molecule has 4 heteroatoms. The third-order valence-corrected chi connectivity index (χ3v) is 4.88.